The van der Waals surface area contributed by atoms with Gasteiger partial charge < -0.3 is 9.67 Å². The summed E-state index contributed by atoms with van der Waals surface area (Å²) in [6.07, 6.45) is 1.70. The summed E-state index contributed by atoms with van der Waals surface area (Å²) in [6.45, 7) is 0.592. The lowest BCUT2D eigenvalue weighted by molar-refractivity contribution is 0.432. The second kappa shape index (κ2) is 7.03. The van der Waals surface area contributed by atoms with Crippen LogP contribution in [0.4, 0.5) is 0 Å². The highest BCUT2D eigenvalue weighted by Crippen LogP contribution is 2.33. The summed E-state index contributed by atoms with van der Waals surface area (Å²) >= 11 is 1.59. The molecule has 0 amide bonds. The van der Waals surface area contributed by atoms with Crippen molar-refractivity contribution in [2.75, 3.05) is 0 Å². The Kier molecular flexibility index (Phi) is 4.03. The van der Waals surface area contributed by atoms with Crippen LogP contribution < -0.4 is 0 Å². The number of hydrogen-bond donors (Lipinski definition) is 1. The molecule has 1 N–H and O–H groups in total. The number of benzene rings is 2. The number of aromatic nitrogens is 6. The first-order valence-electron chi connectivity index (χ1n) is 9.75. The SMILES string of the molecule is Oc1c(-c2nc3ccccc3n2Cc2ccccc2)nnc2c(-c3ccsc3)cnn12. The van der Waals surface area contributed by atoms with E-state index in [-0.39, 0.29) is 5.88 Å². The highest BCUT2D eigenvalue weighted by molar-refractivity contribution is 7.08. The predicted molar refractivity (Wildman–Crippen MR) is 120 cm³/mol. The van der Waals surface area contributed by atoms with Crippen molar-refractivity contribution in [2.24, 2.45) is 0 Å². The average Bonchev–Trinajstić information content (AvgIpc) is 3.54. The fourth-order valence-corrected chi connectivity index (χ4v) is 4.44. The third kappa shape index (κ3) is 2.88. The first kappa shape index (κ1) is 17.8. The fourth-order valence-electron chi connectivity index (χ4n) is 3.78. The number of hydrogen-bond acceptors (Lipinski definition) is 6. The van der Waals surface area contributed by atoms with Gasteiger partial charge in [0.05, 0.1) is 17.2 Å². The van der Waals surface area contributed by atoms with Gasteiger partial charge in [-0.2, -0.15) is 21.0 Å². The van der Waals surface area contributed by atoms with Gasteiger partial charge in [0.1, 0.15) is 0 Å². The van der Waals surface area contributed by atoms with Crippen LogP contribution >= 0.6 is 11.3 Å². The van der Waals surface area contributed by atoms with E-state index in [0.717, 1.165) is 27.7 Å². The van der Waals surface area contributed by atoms with E-state index in [1.54, 1.807) is 17.5 Å². The number of imidazole rings is 1. The second-order valence-corrected chi connectivity index (χ2v) is 7.95. The Morgan fingerprint density at radius 2 is 1.77 bits per heavy atom. The quantitative estimate of drug-likeness (QED) is 0.446. The van der Waals surface area contributed by atoms with Crippen LogP contribution in [-0.4, -0.2) is 34.5 Å². The standard InChI is InChI=1S/C23H16N6OS/c30-23-20(26-27-21-17(12-24-29(21)23)16-10-11-31-14-16)22-25-18-8-4-5-9-19(18)28(22)13-15-6-2-1-3-7-15/h1-12,14,30H,13H2. The highest BCUT2D eigenvalue weighted by Gasteiger charge is 2.22. The molecule has 0 aliphatic carbocycles. The molecule has 0 atom stereocenters. The molecule has 0 aliphatic rings. The van der Waals surface area contributed by atoms with Gasteiger partial charge in [-0.3, -0.25) is 0 Å². The van der Waals surface area contributed by atoms with Gasteiger partial charge in [0.15, 0.2) is 17.2 Å². The third-order valence-electron chi connectivity index (χ3n) is 5.28. The molecule has 0 aliphatic heterocycles. The normalized spacial score (nSPS) is 11.5. The summed E-state index contributed by atoms with van der Waals surface area (Å²) in [5.74, 6) is 0.459. The van der Waals surface area contributed by atoms with Crippen molar-refractivity contribution in [3.05, 3.63) is 83.2 Å². The van der Waals surface area contributed by atoms with Crippen molar-refractivity contribution in [1.82, 2.24) is 29.4 Å². The minimum absolute atomic E-state index is 0.0869. The van der Waals surface area contributed by atoms with E-state index in [9.17, 15) is 5.11 Å². The number of rotatable bonds is 4. The Hall–Kier alpha value is -4.04. The van der Waals surface area contributed by atoms with Gasteiger partial charge in [-0.25, -0.2) is 4.98 Å². The van der Waals surface area contributed by atoms with Gasteiger partial charge in [-0.1, -0.05) is 42.5 Å². The Morgan fingerprint density at radius 3 is 2.61 bits per heavy atom. The molecule has 7 nitrogen and oxygen atoms in total. The molecular weight excluding hydrogens is 408 g/mol. The van der Waals surface area contributed by atoms with Crippen LogP contribution in [0.2, 0.25) is 0 Å². The van der Waals surface area contributed by atoms with Crippen LogP contribution in [0, 0.1) is 0 Å². The average molecular weight is 424 g/mol. The maximum Gasteiger partial charge on any atom is 0.246 e. The number of para-hydroxylation sites is 2. The Bertz CT molecular complexity index is 1520. The molecule has 0 spiro atoms. The Labute approximate surface area is 180 Å². The molecule has 8 heteroatoms. The van der Waals surface area contributed by atoms with Gasteiger partial charge in [-0.15, -0.1) is 10.2 Å². The van der Waals surface area contributed by atoms with Crippen molar-refractivity contribution in [2.45, 2.75) is 6.54 Å². The Balaban J connectivity index is 1.55. The van der Waals surface area contributed by atoms with Gasteiger partial charge in [0, 0.05) is 12.1 Å². The zero-order chi connectivity index (χ0) is 20.8. The van der Waals surface area contributed by atoms with Crippen molar-refractivity contribution in [3.63, 3.8) is 0 Å². The van der Waals surface area contributed by atoms with Crippen LogP contribution in [-0.2, 0) is 6.54 Å². The first-order chi connectivity index (χ1) is 15.3. The van der Waals surface area contributed by atoms with Crippen LogP contribution in [0.5, 0.6) is 5.88 Å². The number of fused-ring (bicyclic) bond motifs is 2. The van der Waals surface area contributed by atoms with E-state index in [2.05, 4.69) is 27.4 Å². The van der Waals surface area contributed by atoms with Crippen molar-refractivity contribution in [3.8, 4) is 28.5 Å². The van der Waals surface area contributed by atoms with E-state index in [1.165, 1.54) is 4.52 Å². The molecule has 6 rings (SSSR count). The molecule has 4 heterocycles. The lowest BCUT2D eigenvalue weighted by atomic mass is 10.2. The molecule has 0 fully saturated rings. The number of aromatic hydroxyl groups is 1. The van der Waals surface area contributed by atoms with Gasteiger partial charge in [-0.05, 0) is 40.1 Å². The zero-order valence-corrected chi connectivity index (χ0v) is 17.1. The molecule has 150 valence electrons. The third-order valence-corrected chi connectivity index (χ3v) is 5.97. The van der Waals surface area contributed by atoms with Gasteiger partial charge >= 0.3 is 0 Å². The molecule has 4 aromatic heterocycles. The summed E-state index contributed by atoms with van der Waals surface area (Å²) in [5, 5.41) is 28.2. The summed E-state index contributed by atoms with van der Waals surface area (Å²) in [6, 6.07) is 20.0. The molecule has 0 bridgehead atoms. The van der Waals surface area contributed by atoms with Crippen molar-refractivity contribution < 1.29 is 5.11 Å². The van der Waals surface area contributed by atoms with E-state index in [1.807, 2.05) is 63.9 Å². The van der Waals surface area contributed by atoms with Crippen LogP contribution in [0.15, 0.2) is 77.6 Å². The minimum atomic E-state index is -0.0869. The number of nitrogens with zero attached hydrogens (tertiary/aromatic N) is 6. The van der Waals surface area contributed by atoms with Crippen molar-refractivity contribution >= 4 is 28.0 Å². The topological polar surface area (TPSA) is 81.1 Å². The summed E-state index contributed by atoms with van der Waals surface area (Å²) < 4.78 is 3.46. The largest absolute Gasteiger partial charge is 0.492 e. The highest BCUT2D eigenvalue weighted by atomic mass is 32.1. The smallest absolute Gasteiger partial charge is 0.246 e. The van der Waals surface area contributed by atoms with Crippen LogP contribution in [0.25, 0.3) is 39.3 Å². The van der Waals surface area contributed by atoms with E-state index < -0.39 is 0 Å². The molecular formula is C23H16N6OS. The first-order valence-corrected chi connectivity index (χ1v) is 10.7. The molecule has 0 radical (unpaired) electrons. The van der Waals surface area contributed by atoms with Crippen LogP contribution in [0.3, 0.4) is 0 Å². The van der Waals surface area contributed by atoms with E-state index >= 15 is 0 Å². The lowest BCUT2D eigenvalue weighted by Gasteiger charge is -2.10. The molecule has 0 saturated heterocycles. The van der Waals surface area contributed by atoms with Gasteiger partial charge in [0.25, 0.3) is 0 Å². The lowest BCUT2D eigenvalue weighted by Crippen LogP contribution is -2.06. The minimum Gasteiger partial charge on any atom is -0.492 e. The van der Waals surface area contributed by atoms with E-state index in [0.29, 0.717) is 23.7 Å². The molecule has 0 saturated carbocycles. The zero-order valence-electron chi connectivity index (χ0n) is 16.3. The van der Waals surface area contributed by atoms with E-state index in [4.69, 9.17) is 4.98 Å². The van der Waals surface area contributed by atoms with Gasteiger partial charge in [0.2, 0.25) is 5.88 Å². The molecule has 2 aromatic carbocycles. The maximum absolute atomic E-state index is 11.1. The number of thiophene rings is 1. The van der Waals surface area contributed by atoms with Crippen molar-refractivity contribution in [1.29, 1.82) is 0 Å². The molecule has 0 unspecified atom stereocenters. The van der Waals surface area contributed by atoms with Crippen LogP contribution in [0.1, 0.15) is 5.56 Å². The predicted octanol–water partition coefficient (Wildman–Crippen LogP) is 4.62. The monoisotopic (exact) mass is 424 g/mol. The maximum atomic E-state index is 11.1. The Morgan fingerprint density at radius 1 is 0.935 bits per heavy atom. The summed E-state index contributed by atoms with van der Waals surface area (Å²) in [7, 11) is 0. The summed E-state index contributed by atoms with van der Waals surface area (Å²) in [5.41, 5.74) is 5.53. The molecule has 31 heavy (non-hydrogen) atoms. The fraction of sp³-hybridized carbons (Fsp3) is 0.0435. The summed E-state index contributed by atoms with van der Waals surface area (Å²) in [4.78, 5) is 4.76. The second-order valence-electron chi connectivity index (χ2n) is 7.17. The molecule has 6 aromatic rings.